The third kappa shape index (κ3) is 5.98. The largest absolute Gasteiger partial charge is 0.372 e. The monoisotopic (exact) mass is 478 g/mol. The van der Waals surface area contributed by atoms with Crippen LogP contribution in [0.25, 0.3) is 0 Å². The number of hydrogen-bond acceptors (Lipinski definition) is 6. The second kappa shape index (κ2) is 11.5. The van der Waals surface area contributed by atoms with E-state index in [0.717, 1.165) is 36.2 Å². The van der Waals surface area contributed by atoms with Gasteiger partial charge < -0.3 is 14.8 Å². The predicted octanol–water partition coefficient (Wildman–Crippen LogP) is 4.67. The number of nitrogens with zero attached hydrogens (tertiary/aromatic N) is 5. The standard InChI is InChI=1S/C26H34N6OS/c1-4-23(30(2)3)25-28-29-26(32(25)18-20-10-6-5-7-11-20)34-19-24(33)27-21-12-14-22(15-13-21)31-16-8-9-17-31/h5-7,10-15,23H,4,8-9,16-19H2,1-3H3,(H,27,33)/t23-/m1/s1. The van der Waals surface area contributed by atoms with E-state index in [0.29, 0.717) is 6.54 Å². The fraction of sp³-hybridized carbons (Fsp3) is 0.423. The van der Waals surface area contributed by atoms with Gasteiger partial charge in [-0.15, -0.1) is 10.2 Å². The highest BCUT2D eigenvalue weighted by atomic mass is 32.2. The number of aromatic nitrogens is 3. The summed E-state index contributed by atoms with van der Waals surface area (Å²) >= 11 is 1.43. The summed E-state index contributed by atoms with van der Waals surface area (Å²) in [6.07, 6.45) is 3.43. The average molecular weight is 479 g/mol. The van der Waals surface area contributed by atoms with Crippen LogP contribution in [-0.4, -0.2) is 58.5 Å². The molecule has 1 aliphatic heterocycles. The molecule has 0 bridgehead atoms. The summed E-state index contributed by atoms with van der Waals surface area (Å²) in [6, 6.07) is 18.6. The molecule has 0 aliphatic carbocycles. The van der Waals surface area contributed by atoms with Gasteiger partial charge in [0.1, 0.15) is 0 Å². The molecule has 1 aromatic heterocycles. The lowest BCUT2D eigenvalue weighted by Gasteiger charge is -2.23. The number of nitrogens with one attached hydrogen (secondary N) is 1. The molecule has 0 radical (unpaired) electrons. The number of amides is 1. The number of anilines is 2. The van der Waals surface area contributed by atoms with Crippen molar-refractivity contribution in [2.24, 2.45) is 0 Å². The number of hydrogen-bond donors (Lipinski definition) is 1. The molecular weight excluding hydrogens is 444 g/mol. The van der Waals surface area contributed by atoms with Crippen molar-refractivity contribution in [3.05, 3.63) is 66.0 Å². The number of carbonyl (C=O) groups excluding carboxylic acids is 1. The molecule has 1 aliphatic rings. The van der Waals surface area contributed by atoms with Gasteiger partial charge in [0, 0.05) is 24.5 Å². The van der Waals surface area contributed by atoms with Gasteiger partial charge in [-0.1, -0.05) is 49.0 Å². The maximum Gasteiger partial charge on any atom is 0.234 e. The molecule has 2 heterocycles. The van der Waals surface area contributed by atoms with Crippen LogP contribution in [0.4, 0.5) is 11.4 Å². The van der Waals surface area contributed by atoms with Crippen LogP contribution in [0.5, 0.6) is 0 Å². The highest BCUT2D eigenvalue weighted by molar-refractivity contribution is 7.99. The Labute approximate surface area is 206 Å². The summed E-state index contributed by atoms with van der Waals surface area (Å²) < 4.78 is 2.15. The van der Waals surface area contributed by atoms with Crippen molar-refractivity contribution in [2.45, 2.75) is 43.9 Å². The van der Waals surface area contributed by atoms with E-state index < -0.39 is 0 Å². The van der Waals surface area contributed by atoms with Gasteiger partial charge in [0.15, 0.2) is 11.0 Å². The zero-order valence-corrected chi connectivity index (χ0v) is 21.1. The fourth-order valence-corrected chi connectivity index (χ4v) is 5.15. The number of thioether (sulfide) groups is 1. The number of carbonyl (C=O) groups is 1. The van der Waals surface area contributed by atoms with Crippen LogP contribution in [0.1, 0.15) is 43.6 Å². The molecule has 180 valence electrons. The second-order valence-corrected chi connectivity index (χ2v) is 9.82. The van der Waals surface area contributed by atoms with Crippen molar-refractivity contribution in [1.82, 2.24) is 19.7 Å². The van der Waals surface area contributed by atoms with Crippen LogP contribution in [-0.2, 0) is 11.3 Å². The van der Waals surface area contributed by atoms with Gasteiger partial charge in [-0.2, -0.15) is 0 Å². The first-order valence-corrected chi connectivity index (χ1v) is 12.9. The number of rotatable bonds is 10. The molecule has 3 aromatic rings. The Morgan fingerprint density at radius 3 is 2.41 bits per heavy atom. The molecule has 0 spiro atoms. The average Bonchev–Trinajstić information content (AvgIpc) is 3.51. The molecule has 1 fully saturated rings. The van der Waals surface area contributed by atoms with Gasteiger partial charge in [-0.3, -0.25) is 9.69 Å². The lowest BCUT2D eigenvalue weighted by Crippen LogP contribution is -2.23. The lowest BCUT2D eigenvalue weighted by molar-refractivity contribution is -0.113. The first kappa shape index (κ1) is 24.3. The molecule has 1 amide bonds. The van der Waals surface area contributed by atoms with E-state index in [9.17, 15) is 4.79 Å². The third-order valence-corrected chi connectivity index (χ3v) is 7.16. The Kier molecular flexibility index (Phi) is 8.24. The lowest BCUT2D eigenvalue weighted by atomic mass is 10.2. The molecule has 1 atom stereocenters. The van der Waals surface area contributed by atoms with E-state index >= 15 is 0 Å². The fourth-order valence-electron chi connectivity index (χ4n) is 4.40. The van der Waals surface area contributed by atoms with Gasteiger partial charge in [0.05, 0.1) is 18.3 Å². The van der Waals surface area contributed by atoms with Crippen LogP contribution in [0, 0.1) is 0 Å². The predicted molar refractivity (Wildman–Crippen MR) is 140 cm³/mol. The Morgan fingerprint density at radius 1 is 1.06 bits per heavy atom. The molecule has 2 aromatic carbocycles. The van der Waals surface area contributed by atoms with E-state index in [-0.39, 0.29) is 17.7 Å². The van der Waals surface area contributed by atoms with E-state index in [2.05, 4.69) is 75.2 Å². The first-order valence-electron chi connectivity index (χ1n) is 12.0. The third-order valence-electron chi connectivity index (χ3n) is 6.19. The summed E-state index contributed by atoms with van der Waals surface area (Å²) in [7, 11) is 4.12. The van der Waals surface area contributed by atoms with Gasteiger partial charge in [-0.25, -0.2) is 0 Å². The Morgan fingerprint density at radius 2 is 1.76 bits per heavy atom. The summed E-state index contributed by atoms with van der Waals surface area (Å²) in [4.78, 5) is 17.2. The first-order chi connectivity index (χ1) is 16.5. The van der Waals surface area contributed by atoms with Crippen molar-refractivity contribution in [3.63, 3.8) is 0 Å². The van der Waals surface area contributed by atoms with Crippen molar-refractivity contribution in [3.8, 4) is 0 Å². The van der Waals surface area contributed by atoms with Gasteiger partial charge in [0.2, 0.25) is 5.91 Å². The summed E-state index contributed by atoms with van der Waals surface area (Å²) in [5, 5.41) is 12.8. The molecule has 34 heavy (non-hydrogen) atoms. The molecule has 0 saturated carbocycles. The Hall–Kier alpha value is -2.84. The molecule has 1 N–H and O–H groups in total. The van der Waals surface area contributed by atoms with Crippen molar-refractivity contribution < 1.29 is 4.79 Å². The Balaban J connectivity index is 1.43. The molecule has 4 rings (SSSR count). The SMILES string of the molecule is CC[C@H](c1nnc(SCC(=O)Nc2ccc(N3CCCC3)cc2)n1Cc1ccccc1)N(C)C. The van der Waals surface area contributed by atoms with Crippen LogP contribution in [0.3, 0.4) is 0 Å². The molecule has 7 nitrogen and oxygen atoms in total. The van der Waals surface area contributed by atoms with Crippen molar-refractivity contribution in [2.75, 3.05) is 43.2 Å². The quantitative estimate of drug-likeness (QED) is 0.427. The van der Waals surface area contributed by atoms with Crippen LogP contribution < -0.4 is 10.2 Å². The second-order valence-electron chi connectivity index (χ2n) is 8.88. The highest BCUT2D eigenvalue weighted by Gasteiger charge is 2.22. The molecule has 1 saturated heterocycles. The van der Waals surface area contributed by atoms with E-state index in [1.54, 1.807) is 0 Å². The molecular formula is C26H34N6OS. The van der Waals surface area contributed by atoms with Crippen LogP contribution >= 0.6 is 11.8 Å². The summed E-state index contributed by atoms with van der Waals surface area (Å²) in [5.41, 5.74) is 3.22. The number of benzene rings is 2. The maximum atomic E-state index is 12.7. The summed E-state index contributed by atoms with van der Waals surface area (Å²) in [5.74, 6) is 1.16. The van der Waals surface area contributed by atoms with Gasteiger partial charge in [0.25, 0.3) is 0 Å². The van der Waals surface area contributed by atoms with E-state index in [4.69, 9.17) is 0 Å². The minimum Gasteiger partial charge on any atom is -0.372 e. The van der Waals surface area contributed by atoms with Crippen molar-refractivity contribution in [1.29, 1.82) is 0 Å². The normalized spacial score (nSPS) is 14.5. The minimum atomic E-state index is -0.0469. The van der Waals surface area contributed by atoms with Gasteiger partial charge >= 0.3 is 0 Å². The zero-order valence-electron chi connectivity index (χ0n) is 20.3. The minimum absolute atomic E-state index is 0.0469. The smallest absolute Gasteiger partial charge is 0.234 e. The Bertz CT molecular complexity index is 1060. The van der Waals surface area contributed by atoms with Gasteiger partial charge in [-0.05, 0) is 63.2 Å². The highest BCUT2D eigenvalue weighted by Crippen LogP contribution is 2.27. The zero-order chi connectivity index (χ0) is 23.9. The van der Waals surface area contributed by atoms with Crippen molar-refractivity contribution >= 4 is 29.0 Å². The van der Waals surface area contributed by atoms with Crippen LogP contribution in [0.15, 0.2) is 59.8 Å². The van der Waals surface area contributed by atoms with Crippen LogP contribution in [0.2, 0.25) is 0 Å². The van der Waals surface area contributed by atoms with E-state index in [1.165, 1.54) is 35.9 Å². The molecule has 8 heteroatoms. The topological polar surface area (TPSA) is 66.3 Å². The maximum absolute atomic E-state index is 12.7. The summed E-state index contributed by atoms with van der Waals surface area (Å²) in [6.45, 7) is 5.05. The van der Waals surface area contributed by atoms with E-state index in [1.807, 2.05) is 30.3 Å². The molecule has 0 unspecified atom stereocenters.